The minimum Gasteiger partial charge on any atom is -0.458 e. The molecule has 1 aliphatic heterocycles. The van der Waals surface area contributed by atoms with Gasteiger partial charge in [-0.15, -0.1) is 0 Å². The summed E-state index contributed by atoms with van der Waals surface area (Å²) in [4.78, 5) is 26.8. The highest BCUT2D eigenvalue weighted by molar-refractivity contribution is 5.91. The summed E-state index contributed by atoms with van der Waals surface area (Å²) in [6.45, 7) is 4.81. The molecular weight excluding hydrogens is 374 g/mol. The molecular formula is C26H35NO3. The second-order valence-corrected chi connectivity index (χ2v) is 10.9. The molecule has 0 aromatic carbocycles. The van der Waals surface area contributed by atoms with Crippen LogP contribution >= 0.6 is 0 Å². The molecule has 0 amide bonds. The van der Waals surface area contributed by atoms with E-state index >= 15 is 0 Å². The van der Waals surface area contributed by atoms with Gasteiger partial charge in [-0.1, -0.05) is 25.5 Å². The standard InChI is InChI=1S/C26H35NO3/c1-25-12-10-19(28)15-18(25)6-7-20-21-8-9-23(26(21,2)13-11-22(20)25)30-24(29)17-5-4-14-27(3)16-17/h4,14-16,20-23H,5-13H2,1-3H3/t20-,21-,22+,23?,25-,26-/m0/s1. The molecule has 1 heterocycles. The molecule has 0 spiro atoms. The smallest absolute Gasteiger partial charge is 0.336 e. The van der Waals surface area contributed by atoms with Crippen molar-refractivity contribution < 1.29 is 14.3 Å². The van der Waals surface area contributed by atoms with E-state index in [-0.39, 0.29) is 22.9 Å². The van der Waals surface area contributed by atoms with Crippen LogP contribution in [0.2, 0.25) is 0 Å². The van der Waals surface area contributed by atoms with E-state index < -0.39 is 0 Å². The van der Waals surface area contributed by atoms with Gasteiger partial charge in [0.2, 0.25) is 0 Å². The van der Waals surface area contributed by atoms with Gasteiger partial charge in [-0.05, 0) is 80.4 Å². The summed E-state index contributed by atoms with van der Waals surface area (Å²) >= 11 is 0. The fraction of sp³-hybridized carbons (Fsp3) is 0.692. The Bertz CT molecular complexity index is 854. The molecule has 6 atom stereocenters. The van der Waals surface area contributed by atoms with Crippen LogP contribution in [0.4, 0.5) is 0 Å². The van der Waals surface area contributed by atoms with Crippen molar-refractivity contribution in [1.82, 2.24) is 4.90 Å². The van der Waals surface area contributed by atoms with Crippen LogP contribution < -0.4 is 0 Å². The number of esters is 1. The summed E-state index contributed by atoms with van der Waals surface area (Å²) in [6, 6.07) is 0. The third-order valence-corrected chi connectivity index (χ3v) is 9.42. The van der Waals surface area contributed by atoms with Crippen LogP contribution in [-0.2, 0) is 14.3 Å². The highest BCUT2D eigenvalue weighted by Gasteiger charge is 2.60. The van der Waals surface area contributed by atoms with Gasteiger partial charge in [0.1, 0.15) is 6.10 Å². The Balaban J connectivity index is 1.34. The van der Waals surface area contributed by atoms with Gasteiger partial charge in [0.15, 0.2) is 5.78 Å². The number of rotatable bonds is 2. The molecule has 0 aromatic rings. The highest BCUT2D eigenvalue weighted by atomic mass is 16.5. The van der Waals surface area contributed by atoms with Crippen molar-refractivity contribution in [3.8, 4) is 0 Å². The number of carbonyl (C=O) groups is 2. The molecule has 5 rings (SSSR count). The number of fused-ring (bicyclic) bond motifs is 5. The zero-order valence-electron chi connectivity index (χ0n) is 18.7. The van der Waals surface area contributed by atoms with E-state index in [2.05, 4.69) is 13.8 Å². The van der Waals surface area contributed by atoms with Crippen LogP contribution in [0.5, 0.6) is 0 Å². The number of hydrogen-bond acceptors (Lipinski definition) is 4. The van der Waals surface area contributed by atoms with E-state index in [1.54, 1.807) is 0 Å². The van der Waals surface area contributed by atoms with Gasteiger partial charge in [-0.2, -0.15) is 0 Å². The number of ketones is 1. The first kappa shape index (κ1) is 20.1. The number of nitrogens with zero attached hydrogens (tertiary/aromatic N) is 1. The Hall–Kier alpha value is -1.84. The summed E-state index contributed by atoms with van der Waals surface area (Å²) in [5.74, 6) is 2.20. The van der Waals surface area contributed by atoms with E-state index in [0.29, 0.717) is 36.4 Å². The van der Waals surface area contributed by atoms with Crippen LogP contribution in [0.3, 0.4) is 0 Å². The molecule has 3 saturated carbocycles. The lowest BCUT2D eigenvalue weighted by Gasteiger charge is -2.57. The zero-order valence-corrected chi connectivity index (χ0v) is 18.7. The van der Waals surface area contributed by atoms with Crippen LogP contribution in [0.15, 0.2) is 35.7 Å². The Kier molecular flexibility index (Phi) is 4.75. The van der Waals surface area contributed by atoms with Crippen molar-refractivity contribution >= 4 is 11.8 Å². The minimum absolute atomic E-state index is 0.0331. The maximum Gasteiger partial charge on any atom is 0.336 e. The lowest BCUT2D eigenvalue weighted by Crippen LogP contribution is -2.51. The summed E-state index contributed by atoms with van der Waals surface area (Å²) < 4.78 is 6.17. The monoisotopic (exact) mass is 409 g/mol. The van der Waals surface area contributed by atoms with Crippen molar-refractivity contribution in [2.24, 2.45) is 28.6 Å². The first-order valence-electron chi connectivity index (χ1n) is 11.9. The molecule has 4 aliphatic carbocycles. The average Bonchev–Trinajstić information content (AvgIpc) is 3.05. The third-order valence-electron chi connectivity index (χ3n) is 9.42. The second-order valence-electron chi connectivity index (χ2n) is 10.9. The van der Waals surface area contributed by atoms with Crippen molar-refractivity contribution in [2.45, 2.75) is 77.7 Å². The molecule has 5 aliphatic rings. The van der Waals surface area contributed by atoms with Crippen LogP contribution in [0.25, 0.3) is 0 Å². The van der Waals surface area contributed by atoms with Gasteiger partial charge < -0.3 is 9.64 Å². The fourth-order valence-electron chi connectivity index (χ4n) is 7.73. The maximum absolute atomic E-state index is 12.9. The molecule has 0 N–H and O–H groups in total. The first-order valence-corrected chi connectivity index (χ1v) is 11.9. The van der Waals surface area contributed by atoms with E-state index in [9.17, 15) is 9.59 Å². The van der Waals surface area contributed by atoms with Gasteiger partial charge in [-0.25, -0.2) is 4.79 Å². The summed E-state index contributed by atoms with van der Waals surface area (Å²) in [7, 11) is 1.95. The molecule has 4 heteroatoms. The number of carbonyl (C=O) groups excluding carboxylic acids is 2. The predicted molar refractivity (Wildman–Crippen MR) is 116 cm³/mol. The summed E-state index contributed by atoms with van der Waals surface area (Å²) in [6.07, 6.45) is 17.1. The predicted octanol–water partition coefficient (Wildman–Crippen LogP) is 5.16. The van der Waals surface area contributed by atoms with Crippen molar-refractivity contribution in [1.29, 1.82) is 0 Å². The highest BCUT2D eigenvalue weighted by Crippen LogP contribution is 2.65. The molecule has 0 saturated heterocycles. The molecule has 0 bridgehead atoms. The quantitative estimate of drug-likeness (QED) is 0.591. The van der Waals surface area contributed by atoms with Crippen molar-refractivity contribution in [3.63, 3.8) is 0 Å². The first-order chi connectivity index (χ1) is 14.3. The van der Waals surface area contributed by atoms with Crippen LogP contribution in [-0.4, -0.2) is 29.8 Å². The Morgan fingerprint density at radius 2 is 1.93 bits per heavy atom. The molecule has 4 nitrogen and oxygen atoms in total. The van der Waals surface area contributed by atoms with Gasteiger partial charge in [-0.3, -0.25) is 4.79 Å². The molecule has 162 valence electrons. The molecule has 3 fully saturated rings. The average molecular weight is 410 g/mol. The van der Waals surface area contributed by atoms with Crippen molar-refractivity contribution in [2.75, 3.05) is 7.05 Å². The van der Waals surface area contributed by atoms with E-state index in [4.69, 9.17) is 4.74 Å². The lowest BCUT2D eigenvalue weighted by molar-refractivity contribution is -0.155. The summed E-state index contributed by atoms with van der Waals surface area (Å²) in [5, 5.41) is 0. The SMILES string of the molecule is CN1C=CCC(C(=O)OC2CC[C@H]3[C@@H]4CCC5=CC(=O)CC[C@]5(C)[C@@H]4CC[C@]23C)=C1. The van der Waals surface area contributed by atoms with E-state index in [1.807, 2.05) is 36.5 Å². The molecule has 0 radical (unpaired) electrons. The largest absolute Gasteiger partial charge is 0.458 e. The number of ether oxygens (including phenoxy) is 1. The Morgan fingerprint density at radius 3 is 2.73 bits per heavy atom. The second kappa shape index (κ2) is 7.10. The summed E-state index contributed by atoms with van der Waals surface area (Å²) in [5.41, 5.74) is 2.48. The maximum atomic E-state index is 12.9. The topological polar surface area (TPSA) is 46.6 Å². The minimum atomic E-state index is -0.133. The number of allylic oxidation sites excluding steroid dienone is 2. The lowest BCUT2D eigenvalue weighted by atomic mass is 9.47. The van der Waals surface area contributed by atoms with E-state index in [1.165, 1.54) is 24.8 Å². The normalized spacial score (nSPS) is 42.6. The van der Waals surface area contributed by atoms with Gasteiger partial charge >= 0.3 is 5.97 Å². The van der Waals surface area contributed by atoms with Crippen LogP contribution in [0.1, 0.15) is 71.6 Å². The third kappa shape index (κ3) is 3.01. The molecule has 30 heavy (non-hydrogen) atoms. The van der Waals surface area contributed by atoms with E-state index in [0.717, 1.165) is 31.3 Å². The molecule has 0 aromatic heterocycles. The Morgan fingerprint density at radius 1 is 1.10 bits per heavy atom. The number of hydrogen-bond donors (Lipinski definition) is 0. The zero-order chi connectivity index (χ0) is 21.1. The molecule has 1 unspecified atom stereocenters. The fourth-order valence-corrected chi connectivity index (χ4v) is 7.73. The van der Waals surface area contributed by atoms with Gasteiger partial charge in [0.25, 0.3) is 0 Å². The van der Waals surface area contributed by atoms with Gasteiger partial charge in [0, 0.05) is 31.5 Å². The van der Waals surface area contributed by atoms with Crippen LogP contribution in [0, 0.1) is 28.6 Å². The van der Waals surface area contributed by atoms with Crippen molar-refractivity contribution in [3.05, 3.63) is 35.7 Å². The Labute approximate surface area is 180 Å². The van der Waals surface area contributed by atoms with Gasteiger partial charge in [0.05, 0.1) is 5.57 Å².